The number of phenolic OH excluding ortho intramolecular Hbond substituents is 1. The lowest BCUT2D eigenvalue weighted by Crippen LogP contribution is -2.11. The van der Waals surface area contributed by atoms with Crippen LogP contribution in [-0.2, 0) is 0 Å². The summed E-state index contributed by atoms with van der Waals surface area (Å²) in [5, 5.41) is 11.6. The Hall–Kier alpha value is -1.29. The van der Waals surface area contributed by atoms with Gasteiger partial charge in [0.05, 0.1) is 0 Å². The second-order valence-electron chi connectivity index (χ2n) is 4.68. The Balaban J connectivity index is 0.00000180. The van der Waals surface area contributed by atoms with E-state index in [2.05, 4.69) is 6.07 Å². The molecular formula is C15H21ClN2O. The molecule has 2 aromatic carbocycles. The molecule has 104 valence electrons. The van der Waals surface area contributed by atoms with Crippen molar-refractivity contribution < 1.29 is 5.11 Å². The summed E-state index contributed by atoms with van der Waals surface area (Å²) in [6.45, 7) is 0.726. The van der Waals surface area contributed by atoms with Crippen LogP contribution in [0.15, 0.2) is 36.4 Å². The standard InChI is InChI=1S/C15H20N2O.ClH/c16-8-2-1-3-15(17)13-5-4-12-10-14(18)7-6-11(12)9-13;/h4-7,9-10,15,18H,1-3,8,16-17H2;1H/t15-;/m1./s1. The number of benzene rings is 2. The number of hydrogen-bond donors (Lipinski definition) is 3. The maximum Gasteiger partial charge on any atom is 0.116 e. The summed E-state index contributed by atoms with van der Waals surface area (Å²) in [7, 11) is 0. The number of rotatable bonds is 5. The molecule has 19 heavy (non-hydrogen) atoms. The smallest absolute Gasteiger partial charge is 0.116 e. The van der Waals surface area contributed by atoms with Crippen molar-refractivity contribution >= 4 is 23.2 Å². The molecule has 0 aliphatic carbocycles. The highest BCUT2D eigenvalue weighted by atomic mass is 35.5. The SMILES string of the molecule is Cl.NCCCC[C@@H](N)c1ccc2cc(O)ccc2c1. The monoisotopic (exact) mass is 280 g/mol. The van der Waals surface area contributed by atoms with E-state index in [0.29, 0.717) is 5.75 Å². The predicted octanol–water partition coefficient (Wildman–Crippen LogP) is 3.10. The lowest BCUT2D eigenvalue weighted by Gasteiger charge is -2.12. The number of unbranched alkanes of at least 4 members (excludes halogenated alkanes) is 1. The van der Waals surface area contributed by atoms with E-state index in [9.17, 15) is 5.11 Å². The molecule has 0 spiro atoms. The van der Waals surface area contributed by atoms with Crippen molar-refractivity contribution in [3.8, 4) is 5.75 Å². The van der Waals surface area contributed by atoms with E-state index in [1.165, 1.54) is 0 Å². The molecule has 0 radical (unpaired) electrons. The molecular weight excluding hydrogens is 260 g/mol. The Labute approximate surface area is 120 Å². The highest BCUT2D eigenvalue weighted by molar-refractivity contribution is 5.85. The Morgan fingerprint density at radius 3 is 2.42 bits per heavy atom. The molecule has 0 fully saturated rings. The van der Waals surface area contributed by atoms with E-state index in [4.69, 9.17) is 11.5 Å². The van der Waals surface area contributed by atoms with E-state index >= 15 is 0 Å². The third kappa shape index (κ3) is 4.10. The summed E-state index contributed by atoms with van der Waals surface area (Å²) >= 11 is 0. The Kier molecular flexibility index (Phi) is 6.09. The minimum absolute atomic E-state index is 0. The summed E-state index contributed by atoms with van der Waals surface area (Å²) in [6.07, 6.45) is 3.04. The fraction of sp³-hybridized carbons (Fsp3) is 0.333. The highest BCUT2D eigenvalue weighted by Crippen LogP contribution is 2.24. The van der Waals surface area contributed by atoms with Gasteiger partial charge in [-0.25, -0.2) is 0 Å². The first-order valence-electron chi connectivity index (χ1n) is 6.39. The lowest BCUT2D eigenvalue weighted by molar-refractivity contribution is 0.476. The van der Waals surface area contributed by atoms with Crippen LogP contribution in [0.1, 0.15) is 30.9 Å². The third-order valence-corrected chi connectivity index (χ3v) is 3.25. The van der Waals surface area contributed by atoms with Crippen molar-refractivity contribution in [1.29, 1.82) is 0 Å². The van der Waals surface area contributed by atoms with Crippen LogP contribution in [0.4, 0.5) is 0 Å². The van der Waals surface area contributed by atoms with Crippen LogP contribution >= 0.6 is 12.4 Å². The molecule has 5 N–H and O–H groups in total. The van der Waals surface area contributed by atoms with Crippen molar-refractivity contribution in [2.75, 3.05) is 6.54 Å². The molecule has 2 aromatic rings. The Morgan fingerprint density at radius 2 is 1.68 bits per heavy atom. The quantitative estimate of drug-likeness (QED) is 0.737. The topological polar surface area (TPSA) is 72.3 Å². The van der Waals surface area contributed by atoms with E-state index in [0.717, 1.165) is 42.1 Å². The summed E-state index contributed by atoms with van der Waals surface area (Å²) in [6, 6.07) is 11.6. The number of halogens is 1. The van der Waals surface area contributed by atoms with Crippen LogP contribution in [0.3, 0.4) is 0 Å². The predicted molar refractivity (Wildman–Crippen MR) is 82.7 cm³/mol. The second-order valence-corrected chi connectivity index (χ2v) is 4.68. The number of phenols is 1. The van der Waals surface area contributed by atoms with Gasteiger partial charge in [-0.15, -0.1) is 12.4 Å². The molecule has 0 saturated carbocycles. The first kappa shape index (κ1) is 15.8. The molecule has 0 amide bonds. The molecule has 1 atom stereocenters. The minimum atomic E-state index is 0. The molecule has 0 saturated heterocycles. The van der Waals surface area contributed by atoms with Gasteiger partial charge in [-0.2, -0.15) is 0 Å². The first-order valence-corrected chi connectivity index (χ1v) is 6.39. The Bertz CT molecular complexity index is 531. The van der Waals surface area contributed by atoms with Gasteiger partial charge in [0.2, 0.25) is 0 Å². The normalized spacial score (nSPS) is 12.1. The van der Waals surface area contributed by atoms with Gasteiger partial charge >= 0.3 is 0 Å². The highest BCUT2D eigenvalue weighted by Gasteiger charge is 2.06. The number of hydrogen-bond acceptors (Lipinski definition) is 3. The zero-order valence-corrected chi connectivity index (χ0v) is 11.7. The number of aromatic hydroxyl groups is 1. The van der Waals surface area contributed by atoms with Gasteiger partial charge in [-0.1, -0.05) is 24.6 Å². The second kappa shape index (κ2) is 7.34. The molecule has 0 heterocycles. The van der Waals surface area contributed by atoms with E-state index < -0.39 is 0 Å². The van der Waals surface area contributed by atoms with Crippen molar-refractivity contribution in [2.45, 2.75) is 25.3 Å². The van der Waals surface area contributed by atoms with Crippen molar-refractivity contribution in [3.05, 3.63) is 42.0 Å². The molecule has 0 aromatic heterocycles. The van der Waals surface area contributed by atoms with Crippen molar-refractivity contribution in [2.24, 2.45) is 11.5 Å². The van der Waals surface area contributed by atoms with E-state index in [1.54, 1.807) is 12.1 Å². The minimum Gasteiger partial charge on any atom is -0.508 e. The number of nitrogens with two attached hydrogens (primary N) is 2. The first-order chi connectivity index (χ1) is 8.70. The molecule has 0 aliphatic heterocycles. The number of fused-ring (bicyclic) bond motifs is 1. The third-order valence-electron chi connectivity index (χ3n) is 3.25. The van der Waals surface area contributed by atoms with Gasteiger partial charge in [0.15, 0.2) is 0 Å². The van der Waals surface area contributed by atoms with Gasteiger partial charge in [0, 0.05) is 6.04 Å². The molecule has 0 unspecified atom stereocenters. The largest absolute Gasteiger partial charge is 0.508 e. The van der Waals surface area contributed by atoms with Crippen LogP contribution in [0.2, 0.25) is 0 Å². The Morgan fingerprint density at radius 1 is 1.00 bits per heavy atom. The molecule has 3 nitrogen and oxygen atoms in total. The van der Waals surface area contributed by atoms with Crippen LogP contribution in [-0.4, -0.2) is 11.7 Å². The summed E-state index contributed by atoms with van der Waals surface area (Å²) < 4.78 is 0. The average molecular weight is 281 g/mol. The fourth-order valence-electron chi connectivity index (χ4n) is 2.16. The maximum absolute atomic E-state index is 9.42. The summed E-state index contributed by atoms with van der Waals surface area (Å²) in [4.78, 5) is 0. The van der Waals surface area contributed by atoms with Crippen LogP contribution < -0.4 is 11.5 Å². The van der Waals surface area contributed by atoms with E-state index in [1.807, 2.05) is 18.2 Å². The fourth-order valence-corrected chi connectivity index (χ4v) is 2.16. The summed E-state index contributed by atoms with van der Waals surface area (Å²) in [5.41, 5.74) is 12.8. The van der Waals surface area contributed by atoms with Crippen LogP contribution in [0, 0.1) is 0 Å². The molecule has 2 rings (SSSR count). The van der Waals surface area contributed by atoms with E-state index in [-0.39, 0.29) is 18.4 Å². The molecule has 0 bridgehead atoms. The van der Waals surface area contributed by atoms with Gasteiger partial charge in [0.25, 0.3) is 0 Å². The molecule has 0 aliphatic rings. The zero-order chi connectivity index (χ0) is 13.0. The van der Waals surface area contributed by atoms with Crippen molar-refractivity contribution in [3.63, 3.8) is 0 Å². The van der Waals surface area contributed by atoms with Crippen molar-refractivity contribution in [1.82, 2.24) is 0 Å². The maximum atomic E-state index is 9.42. The average Bonchev–Trinajstić information content (AvgIpc) is 2.38. The van der Waals surface area contributed by atoms with Gasteiger partial charge in [-0.05, 0) is 53.9 Å². The zero-order valence-electron chi connectivity index (χ0n) is 10.9. The van der Waals surface area contributed by atoms with Crippen LogP contribution in [0.25, 0.3) is 10.8 Å². The summed E-state index contributed by atoms with van der Waals surface area (Å²) in [5.74, 6) is 0.294. The van der Waals surface area contributed by atoms with Crippen LogP contribution in [0.5, 0.6) is 5.75 Å². The lowest BCUT2D eigenvalue weighted by atomic mass is 9.98. The van der Waals surface area contributed by atoms with Gasteiger partial charge in [-0.3, -0.25) is 0 Å². The van der Waals surface area contributed by atoms with Gasteiger partial charge in [0.1, 0.15) is 5.75 Å². The van der Waals surface area contributed by atoms with Gasteiger partial charge < -0.3 is 16.6 Å². The molecule has 4 heteroatoms.